The number of allylic oxidation sites excluding steroid dienone is 2. The number of nitrogens with zero attached hydrogens (tertiary/aromatic N) is 1. The minimum atomic E-state index is -1.40. The zero-order valence-corrected chi connectivity index (χ0v) is 12.4. The molecule has 0 aromatic heterocycles. The summed E-state index contributed by atoms with van der Waals surface area (Å²) in [5.41, 5.74) is 1.07. The molecule has 0 radical (unpaired) electrons. The van der Waals surface area contributed by atoms with E-state index in [2.05, 4.69) is 19.2 Å². The molecular formula is C16H25FN2O. The number of piperidine rings is 2. The Labute approximate surface area is 120 Å². The highest BCUT2D eigenvalue weighted by Crippen LogP contribution is 2.43. The Hall–Kier alpha value is -0.870. The smallest absolute Gasteiger partial charge is 0.191 e. The van der Waals surface area contributed by atoms with Crippen LogP contribution in [0.4, 0.5) is 4.39 Å². The van der Waals surface area contributed by atoms with Gasteiger partial charge in [-0.05, 0) is 51.7 Å². The van der Waals surface area contributed by atoms with Crippen LogP contribution in [0.25, 0.3) is 0 Å². The van der Waals surface area contributed by atoms with Crippen LogP contribution in [0.5, 0.6) is 0 Å². The van der Waals surface area contributed by atoms with Gasteiger partial charge in [0.2, 0.25) is 0 Å². The van der Waals surface area contributed by atoms with Crippen molar-refractivity contribution in [2.45, 2.75) is 57.0 Å². The van der Waals surface area contributed by atoms with Gasteiger partial charge in [0, 0.05) is 24.3 Å². The Morgan fingerprint density at radius 1 is 1.30 bits per heavy atom. The zero-order valence-electron chi connectivity index (χ0n) is 12.4. The van der Waals surface area contributed by atoms with Crippen molar-refractivity contribution in [1.29, 1.82) is 0 Å². The molecule has 3 nitrogen and oxygen atoms in total. The van der Waals surface area contributed by atoms with Crippen molar-refractivity contribution >= 4 is 0 Å². The molecule has 112 valence electrons. The summed E-state index contributed by atoms with van der Waals surface area (Å²) < 4.78 is 15.6. The fraction of sp³-hybridized carbons (Fsp3) is 0.750. The van der Waals surface area contributed by atoms with E-state index in [0.717, 1.165) is 18.5 Å². The van der Waals surface area contributed by atoms with Crippen molar-refractivity contribution in [1.82, 2.24) is 10.2 Å². The largest absolute Gasteiger partial charge is 0.393 e. The average Bonchev–Trinajstić information content (AvgIpc) is 2.38. The molecule has 0 spiro atoms. The molecule has 2 N–H and O–H groups in total. The Morgan fingerprint density at radius 3 is 2.70 bits per heavy atom. The first-order valence-corrected chi connectivity index (χ1v) is 7.70. The summed E-state index contributed by atoms with van der Waals surface area (Å²) in [7, 11) is 0. The molecule has 0 aromatic carbocycles. The maximum atomic E-state index is 15.6. The van der Waals surface area contributed by atoms with Crippen molar-refractivity contribution in [3.05, 3.63) is 23.9 Å². The normalized spacial score (nSPS) is 38.0. The van der Waals surface area contributed by atoms with E-state index in [0.29, 0.717) is 25.9 Å². The van der Waals surface area contributed by atoms with E-state index in [-0.39, 0.29) is 17.6 Å². The predicted octanol–water partition coefficient (Wildman–Crippen LogP) is 2.34. The molecule has 2 unspecified atom stereocenters. The quantitative estimate of drug-likeness (QED) is 0.724. The van der Waals surface area contributed by atoms with Crippen LogP contribution in [0, 0.1) is 5.92 Å². The second kappa shape index (κ2) is 4.85. The number of likely N-dealkylation sites (tertiary alicyclic amines) is 1. The lowest BCUT2D eigenvalue weighted by molar-refractivity contribution is -0.0709. The van der Waals surface area contributed by atoms with Crippen LogP contribution in [0.1, 0.15) is 39.5 Å². The molecule has 2 atom stereocenters. The third kappa shape index (κ3) is 2.40. The number of hydrogen-bond donors (Lipinski definition) is 2. The van der Waals surface area contributed by atoms with E-state index in [1.807, 2.05) is 17.1 Å². The number of fused-ring (bicyclic) bond motifs is 1. The highest BCUT2D eigenvalue weighted by molar-refractivity contribution is 5.30. The van der Waals surface area contributed by atoms with Gasteiger partial charge in [-0.3, -0.25) is 4.90 Å². The SMILES string of the molecule is CC1(C)CCC2C(=CC=CC2(F)N2CCC(O)CC2)N1. The summed E-state index contributed by atoms with van der Waals surface area (Å²) in [5.74, 6) is -1.50. The number of aliphatic hydroxyl groups excluding tert-OH is 1. The van der Waals surface area contributed by atoms with Gasteiger partial charge in [-0.25, -0.2) is 4.39 Å². The Bertz CT molecular complexity index is 438. The van der Waals surface area contributed by atoms with E-state index in [1.165, 1.54) is 0 Å². The van der Waals surface area contributed by atoms with Gasteiger partial charge in [0.25, 0.3) is 0 Å². The van der Waals surface area contributed by atoms with Crippen LogP contribution in [0.3, 0.4) is 0 Å². The summed E-state index contributed by atoms with van der Waals surface area (Å²) in [6.45, 7) is 5.60. The van der Waals surface area contributed by atoms with Crippen LogP contribution in [-0.4, -0.2) is 40.5 Å². The molecule has 3 aliphatic rings. The highest BCUT2D eigenvalue weighted by Gasteiger charge is 2.48. The van der Waals surface area contributed by atoms with Crippen molar-refractivity contribution in [2.75, 3.05) is 13.1 Å². The second-order valence-electron chi connectivity index (χ2n) is 7.03. The zero-order chi connectivity index (χ0) is 14.4. The van der Waals surface area contributed by atoms with Gasteiger partial charge in [-0.1, -0.05) is 6.08 Å². The molecule has 3 rings (SSSR count). The van der Waals surface area contributed by atoms with Gasteiger partial charge in [-0.2, -0.15) is 0 Å². The number of alkyl halides is 1. The monoisotopic (exact) mass is 280 g/mol. The third-order valence-electron chi connectivity index (χ3n) is 4.96. The molecule has 2 heterocycles. The first-order chi connectivity index (χ1) is 9.41. The van der Waals surface area contributed by atoms with Crippen molar-refractivity contribution < 1.29 is 9.50 Å². The lowest BCUT2D eigenvalue weighted by Crippen LogP contribution is -2.58. The second-order valence-corrected chi connectivity index (χ2v) is 7.03. The molecule has 0 aromatic rings. The maximum Gasteiger partial charge on any atom is 0.191 e. The minimum absolute atomic E-state index is 0.0481. The minimum Gasteiger partial charge on any atom is -0.393 e. The molecule has 0 bridgehead atoms. The molecular weight excluding hydrogens is 255 g/mol. The van der Waals surface area contributed by atoms with Gasteiger partial charge < -0.3 is 10.4 Å². The fourth-order valence-electron chi connectivity index (χ4n) is 3.72. The predicted molar refractivity (Wildman–Crippen MR) is 77.8 cm³/mol. The standard InChI is InChI=1S/C16H25FN2O/c1-15(2)9-5-13-14(18-15)4-3-8-16(13,17)19-10-6-12(20)7-11-19/h3-4,8,12-13,18,20H,5-7,9-11H2,1-2H3. The van der Waals surface area contributed by atoms with Gasteiger partial charge in [0.1, 0.15) is 0 Å². The van der Waals surface area contributed by atoms with E-state index < -0.39 is 5.79 Å². The molecule has 20 heavy (non-hydrogen) atoms. The highest BCUT2D eigenvalue weighted by atomic mass is 19.1. The summed E-state index contributed by atoms with van der Waals surface area (Å²) >= 11 is 0. The molecule has 4 heteroatoms. The Kier molecular flexibility index (Phi) is 3.41. The number of nitrogens with one attached hydrogen (secondary N) is 1. The molecule has 0 amide bonds. The van der Waals surface area contributed by atoms with Crippen molar-refractivity contribution in [3.8, 4) is 0 Å². The summed E-state index contributed by atoms with van der Waals surface area (Å²) in [5, 5.41) is 13.1. The van der Waals surface area contributed by atoms with Gasteiger partial charge >= 0.3 is 0 Å². The number of rotatable bonds is 1. The van der Waals surface area contributed by atoms with Crippen LogP contribution < -0.4 is 5.32 Å². The maximum absolute atomic E-state index is 15.6. The van der Waals surface area contributed by atoms with Gasteiger partial charge in [0.05, 0.1) is 12.0 Å². The summed E-state index contributed by atoms with van der Waals surface area (Å²) in [6.07, 6.45) is 8.48. The Balaban J connectivity index is 1.81. The lowest BCUT2D eigenvalue weighted by Gasteiger charge is -2.49. The molecule has 1 aliphatic carbocycles. The fourth-order valence-corrected chi connectivity index (χ4v) is 3.72. The summed E-state index contributed by atoms with van der Waals surface area (Å²) in [6, 6.07) is 0. The van der Waals surface area contributed by atoms with Crippen molar-refractivity contribution in [2.24, 2.45) is 5.92 Å². The first kappa shape index (κ1) is 14.1. The lowest BCUT2D eigenvalue weighted by atomic mass is 9.76. The average molecular weight is 280 g/mol. The van der Waals surface area contributed by atoms with Crippen LogP contribution in [0.15, 0.2) is 23.9 Å². The van der Waals surface area contributed by atoms with Crippen LogP contribution in [-0.2, 0) is 0 Å². The van der Waals surface area contributed by atoms with E-state index in [9.17, 15) is 5.11 Å². The number of halogens is 1. The third-order valence-corrected chi connectivity index (χ3v) is 4.96. The topological polar surface area (TPSA) is 35.5 Å². The molecule has 0 saturated carbocycles. The van der Waals surface area contributed by atoms with E-state index in [1.54, 1.807) is 6.08 Å². The number of hydrogen-bond acceptors (Lipinski definition) is 3. The molecule has 2 saturated heterocycles. The van der Waals surface area contributed by atoms with Crippen molar-refractivity contribution in [3.63, 3.8) is 0 Å². The van der Waals surface area contributed by atoms with E-state index in [4.69, 9.17) is 0 Å². The Morgan fingerprint density at radius 2 is 2.00 bits per heavy atom. The van der Waals surface area contributed by atoms with Gasteiger partial charge in [-0.15, -0.1) is 0 Å². The van der Waals surface area contributed by atoms with Crippen LogP contribution in [0.2, 0.25) is 0 Å². The number of aliphatic hydroxyl groups is 1. The van der Waals surface area contributed by atoms with E-state index >= 15 is 4.39 Å². The molecule has 2 aliphatic heterocycles. The summed E-state index contributed by atoms with van der Waals surface area (Å²) in [4.78, 5) is 1.91. The first-order valence-electron chi connectivity index (χ1n) is 7.70. The van der Waals surface area contributed by atoms with Gasteiger partial charge in [0.15, 0.2) is 5.79 Å². The van der Waals surface area contributed by atoms with Crippen LogP contribution >= 0.6 is 0 Å². The molecule has 2 fully saturated rings.